The van der Waals surface area contributed by atoms with Gasteiger partial charge < -0.3 is 20.3 Å². The molecule has 2 aliphatic heterocycles. The largest absolute Gasteiger partial charge is 0.378 e. The predicted octanol–water partition coefficient (Wildman–Crippen LogP) is 2.86. The number of morpholine rings is 1. The summed E-state index contributed by atoms with van der Waals surface area (Å²) in [6.07, 6.45) is 2.60. The fraction of sp³-hybridized carbons (Fsp3) is 0.650. The second-order valence-corrected chi connectivity index (χ2v) is 8.86. The molecule has 2 aliphatic rings. The van der Waals surface area contributed by atoms with Crippen LogP contribution in [0.3, 0.4) is 0 Å². The van der Waals surface area contributed by atoms with Crippen molar-refractivity contribution >= 4 is 23.4 Å². The summed E-state index contributed by atoms with van der Waals surface area (Å²) >= 11 is 2.08. The molecule has 26 heavy (non-hydrogen) atoms. The van der Waals surface area contributed by atoms with Gasteiger partial charge in [-0.05, 0) is 44.1 Å². The summed E-state index contributed by atoms with van der Waals surface area (Å²) in [5.41, 5.74) is 2.56. The first-order valence-corrected chi connectivity index (χ1v) is 10.8. The minimum Gasteiger partial charge on any atom is -0.378 e. The van der Waals surface area contributed by atoms with Gasteiger partial charge in [0.1, 0.15) is 0 Å². The number of rotatable bonds is 6. The lowest BCUT2D eigenvalue weighted by molar-refractivity contribution is 0.122. The normalized spacial score (nSPS) is 23.9. The number of aliphatic imine (C=N–C) groups is 1. The number of guanidine groups is 1. The van der Waals surface area contributed by atoms with Crippen LogP contribution >= 0.6 is 11.8 Å². The summed E-state index contributed by atoms with van der Waals surface area (Å²) in [7, 11) is 0. The molecule has 1 atom stereocenters. The molecule has 2 heterocycles. The summed E-state index contributed by atoms with van der Waals surface area (Å²) in [6, 6.07) is 8.60. The van der Waals surface area contributed by atoms with E-state index in [1.54, 1.807) is 0 Å². The van der Waals surface area contributed by atoms with E-state index in [1.807, 2.05) is 0 Å². The van der Waals surface area contributed by atoms with Gasteiger partial charge in [0.05, 0.1) is 19.8 Å². The highest BCUT2D eigenvalue weighted by Crippen LogP contribution is 2.36. The van der Waals surface area contributed by atoms with E-state index >= 15 is 0 Å². The van der Waals surface area contributed by atoms with Crippen LogP contribution in [0, 0.1) is 0 Å². The summed E-state index contributed by atoms with van der Waals surface area (Å²) in [5.74, 6) is 2.19. The molecule has 0 radical (unpaired) electrons. The van der Waals surface area contributed by atoms with E-state index in [0.717, 1.165) is 45.4 Å². The van der Waals surface area contributed by atoms with Crippen LogP contribution in [0.2, 0.25) is 0 Å². The number of anilines is 1. The monoisotopic (exact) mass is 376 g/mol. The molecule has 0 aliphatic carbocycles. The predicted molar refractivity (Wildman–Crippen MR) is 112 cm³/mol. The van der Waals surface area contributed by atoms with Gasteiger partial charge in [0.15, 0.2) is 5.96 Å². The van der Waals surface area contributed by atoms with Crippen molar-refractivity contribution in [3.8, 4) is 0 Å². The highest BCUT2D eigenvalue weighted by atomic mass is 32.2. The molecule has 144 valence electrons. The number of nitrogens with zero attached hydrogens (tertiary/aromatic N) is 2. The average molecular weight is 377 g/mol. The van der Waals surface area contributed by atoms with E-state index in [2.05, 4.69) is 65.4 Å². The van der Waals surface area contributed by atoms with E-state index in [9.17, 15) is 0 Å². The van der Waals surface area contributed by atoms with E-state index in [1.165, 1.54) is 29.8 Å². The smallest absolute Gasteiger partial charge is 0.191 e. The molecule has 0 bridgehead atoms. The van der Waals surface area contributed by atoms with Crippen molar-refractivity contribution in [2.45, 2.75) is 38.0 Å². The molecule has 2 N–H and O–H groups in total. The van der Waals surface area contributed by atoms with Gasteiger partial charge in [0, 0.05) is 36.6 Å². The zero-order chi connectivity index (χ0) is 18.2. The third-order valence-corrected chi connectivity index (χ3v) is 6.56. The lowest BCUT2D eigenvalue weighted by Crippen LogP contribution is -2.43. The van der Waals surface area contributed by atoms with Crippen LogP contribution in [0.4, 0.5) is 5.69 Å². The van der Waals surface area contributed by atoms with Crippen LogP contribution < -0.4 is 15.5 Å². The van der Waals surface area contributed by atoms with Crippen molar-refractivity contribution < 1.29 is 4.74 Å². The molecule has 2 fully saturated rings. The van der Waals surface area contributed by atoms with Gasteiger partial charge >= 0.3 is 0 Å². The number of ether oxygens (including phenoxy) is 1. The van der Waals surface area contributed by atoms with Crippen LogP contribution in [0.15, 0.2) is 29.3 Å². The van der Waals surface area contributed by atoms with E-state index < -0.39 is 0 Å². The van der Waals surface area contributed by atoms with Gasteiger partial charge in [0.25, 0.3) is 0 Å². The van der Waals surface area contributed by atoms with E-state index in [0.29, 0.717) is 11.3 Å². The molecule has 0 saturated carbocycles. The molecule has 3 rings (SSSR count). The minimum absolute atomic E-state index is 0.335. The summed E-state index contributed by atoms with van der Waals surface area (Å²) in [6.45, 7) is 10.5. The summed E-state index contributed by atoms with van der Waals surface area (Å²) < 4.78 is 5.83. The molecule has 1 aromatic carbocycles. The molecule has 2 saturated heterocycles. The Morgan fingerprint density at radius 2 is 2.08 bits per heavy atom. The third kappa shape index (κ3) is 5.30. The van der Waals surface area contributed by atoms with Crippen LogP contribution in [-0.4, -0.2) is 55.9 Å². The Bertz CT molecular complexity index is 595. The summed E-state index contributed by atoms with van der Waals surface area (Å²) in [5, 5.41) is 6.95. The maximum Gasteiger partial charge on any atom is 0.191 e. The Hall–Kier alpha value is -1.40. The van der Waals surface area contributed by atoms with Crippen LogP contribution in [0.5, 0.6) is 0 Å². The number of nitrogens with one attached hydrogen (secondary N) is 2. The fourth-order valence-electron chi connectivity index (χ4n) is 3.51. The average Bonchev–Trinajstić information content (AvgIpc) is 3.12. The van der Waals surface area contributed by atoms with Gasteiger partial charge in [-0.15, -0.1) is 0 Å². The van der Waals surface area contributed by atoms with Crippen molar-refractivity contribution in [2.24, 2.45) is 4.99 Å². The first-order valence-electron chi connectivity index (χ1n) is 9.77. The third-order valence-electron chi connectivity index (χ3n) is 5.03. The Balaban J connectivity index is 1.65. The lowest BCUT2D eigenvalue weighted by Gasteiger charge is -2.30. The minimum atomic E-state index is 0.335. The molecule has 1 unspecified atom stereocenters. The maximum absolute atomic E-state index is 5.49. The molecule has 6 heteroatoms. The molecular weight excluding hydrogens is 344 g/mol. The SMILES string of the molecule is CCNC(=NCc1ccccc1N1CCOCC1)NCC1(C)CCCS1. The van der Waals surface area contributed by atoms with Crippen molar-refractivity contribution in [3.05, 3.63) is 29.8 Å². The lowest BCUT2D eigenvalue weighted by atomic mass is 10.1. The van der Waals surface area contributed by atoms with Crippen molar-refractivity contribution in [1.82, 2.24) is 10.6 Å². The fourth-order valence-corrected chi connectivity index (χ4v) is 4.75. The van der Waals surface area contributed by atoms with Gasteiger partial charge in [0.2, 0.25) is 0 Å². The Labute approximate surface area is 162 Å². The van der Waals surface area contributed by atoms with Crippen LogP contribution in [0.25, 0.3) is 0 Å². The van der Waals surface area contributed by atoms with Crippen LogP contribution in [0.1, 0.15) is 32.3 Å². The van der Waals surface area contributed by atoms with Gasteiger partial charge in [-0.2, -0.15) is 11.8 Å². The topological polar surface area (TPSA) is 48.9 Å². The zero-order valence-corrected chi connectivity index (χ0v) is 16.9. The summed E-state index contributed by atoms with van der Waals surface area (Å²) in [4.78, 5) is 7.27. The molecule has 0 aromatic heterocycles. The number of hydrogen-bond acceptors (Lipinski definition) is 4. The quantitative estimate of drug-likeness (QED) is 0.591. The van der Waals surface area contributed by atoms with E-state index in [-0.39, 0.29) is 0 Å². The molecule has 5 nitrogen and oxygen atoms in total. The van der Waals surface area contributed by atoms with E-state index in [4.69, 9.17) is 9.73 Å². The molecule has 0 spiro atoms. The molecular formula is C20H32N4OS. The Kier molecular flexibility index (Phi) is 7.08. The maximum atomic E-state index is 5.49. The first kappa shape index (κ1) is 19.4. The van der Waals surface area contributed by atoms with Gasteiger partial charge in [-0.3, -0.25) is 0 Å². The van der Waals surface area contributed by atoms with Gasteiger partial charge in [-0.1, -0.05) is 18.2 Å². The number of hydrogen-bond donors (Lipinski definition) is 2. The number of para-hydroxylation sites is 1. The second-order valence-electron chi connectivity index (χ2n) is 7.18. The van der Waals surface area contributed by atoms with Crippen molar-refractivity contribution in [1.29, 1.82) is 0 Å². The van der Waals surface area contributed by atoms with Gasteiger partial charge in [-0.25, -0.2) is 4.99 Å². The number of benzene rings is 1. The zero-order valence-electron chi connectivity index (χ0n) is 16.1. The van der Waals surface area contributed by atoms with Crippen LogP contribution in [-0.2, 0) is 11.3 Å². The first-order chi connectivity index (χ1) is 12.7. The van der Waals surface area contributed by atoms with Crippen molar-refractivity contribution in [3.63, 3.8) is 0 Å². The molecule has 0 amide bonds. The highest BCUT2D eigenvalue weighted by molar-refractivity contribution is 8.00. The highest BCUT2D eigenvalue weighted by Gasteiger charge is 2.29. The number of thioether (sulfide) groups is 1. The molecule has 1 aromatic rings. The second kappa shape index (κ2) is 9.51. The van der Waals surface area contributed by atoms with Crippen molar-refractivity contribution in [2.75, 3.05) is 50.0 Å². The standard InChI is InChI=1S/C20H32N4OS/c1-3-21-19(23-16-20(2)9-6-14-26-20)22-15-17-7-4-5-8-18(17)24-10-12-25-13-11-24/h4-5,7-8H,3,6,9-16H2,1-2H3,(H2,21,22,23). The Morgan fingerprint density at radius 3 is 2.81 bits per heavy atom. The Morgan fingerprint density at radius 1 is 1.27 bits per heavy atom.